The van der Waals surface area contributed by atoms with Gasteiger partial charge in [0.1, 0.15) is 0 Å². The minimum absolute atomic E-state index is 0.234. The Labute approximate surface area is 92.7 Å². The number of aryl methyl sites for hydroxylation is 1. The molecule has 0 aliphatic heterocycles. The van der Waals surface area contributed by atoms with E-state index in [9.17, 15) is 0 Å². The van der Waals surface area contributed by atoms with Crippen molar-refractivity contribution in [3.8, 4) is 0 Å². The van der Waals surface area contributed by atoms with E-state index in [1.54, 1.807) is 11.1 Å². The number of benzene rings is 1. The van der Waals surface area contributed by atoms with Crippen molar-refractivity contribution in [2.24, 2.45) is 11.1 Å². The van der Waals surface area contributed by atoms with E-state index in [0.29, 0.717) is 0 Å². The van der Waals surface area contributed by atoms with Gasteiger partial charge in [0.2, 0.25) is 0 Å². The molecule has 0 unspecified atom stereocenters. The second-order valence-electron chi connectivity index (χ2n) is 5.45. The van der Waals surface area contributed by atoms with Crippen LogP contribution in [0.25, 0.3) is 0 Å². The van der Waals surface area contributed by atoms with E-state index in [1.165, 1.54) is 24.8 Å². The van der Waals surface area contributed by atoms with Crippen LogP contribution < -0.4 is 5.73 Å². The molecule has 82 valence electrons. The minimum atomic E-state index is 0.234. The fraction of sp³-hybridized carbons (Fsp3) is 0.571. The van der Waals surface area contributed by atoms with Gasteiger partial charge in [-0.1, -0.05) is 32.0 Å². The maximum atomic E-state index is 5.80. The van der Waals surface area contributed by atoms with E-state index in [-0.39, 0.29) is 5.41 Å². The third-order valence-electron chi connectivity index (χ3n) is 3.46. The van der Waals surface area contributed by atoms with Gasteiger partial charge in [-0.15, -0.1) is 0 Å². The Bertz CT molecular complexity index is 352. The van der Waals surface area contributed by atoms with E-state index >= 15 is 0 Å². The molecule has 2 N–H and O–H groups in total. The summed E-state index contributed by atoms with van der Waals surface area (Å²) in [6.07, 6.45) is 4.99. The molecule has 0 amide bonds. The second kappa shape index (κ2) is 3.97. The van der Waals surface area contributed by atoms with Crippen LogP contribution in [0.1, 0.15) is 37.0 Å². The summed E-state index contributed by atoms with van der Waals surface area (Å²) in [5.41, 5.74) is 10.7. The van der Waals surface area contributed by atoms with E-state index in [1.807, 2.05) is 0 Å². The zero-order valence-corrected chi connectivity index (χ0v) is 9.84. The molecule has 0 atom stereocenters. The molecule has 2 rings (SSSR count). The van der Waals surface area contributed by atoms with Crippen molar-refractivity contribution >= 4 is 0 Å². The maximum Gasteiger partial charge on any atom is -0.00226 e. The molecule has 1 aliphatic carbocycles. The maximum absolute atomic E-state index is 5.80. The lowest BCUT2D eigenvalue weighted by molar-refractivity contribution is 0.376. The van der Waals surface area contributed by atoms with Gasteiger partial charge in [-0.05, 0) is 54.3 Å². The second-order valence-corrected chi connectivity index (χ2v) is 5.45. The molecule has 0 fully saturated rings. The summed E-state index contributed by atoms with van der Waals surface area (Å²) in [6.45, 7) is 5.26. The first kappa shape index (κ1) is 10.7. The Balaban J connectivity index is 2.26. The first-order valence-electron chi connectivity index (χ1n) is 5.92. The topological polar surface area (TPSA) is 26.0 Å². The van der Waals surface area contributed by atoms with Crippen molar-refractivity contribution in [2.45, 2.75) is 39.5 Å². The Morgan fingerprint density at radius 3 is 2.80 bits per heavy atom. The number of rotatable bonds is 3. The molecule has 0 spiro atoms. The predicted molar refractivity (Wildman–Crippen MR) is 65.0 cm³/mol. The van der Waals surface area contributed by atoms with Gasteiger partial charge < -0.3 is 5.73 Å². The number of nitrogens with two attached hydrogens (primary N) is 1. The quantitative estimate of drug-likeness (QED) is 0.803. The third kappa shape index (κ3) is 2.23. The Morgan fingerprint density at radius 2 is 2.07 bits per heavy atom. The molecule has 1 aromatic rings. The fourth-order valence-corrected chi connectivity index (χ4v) is 2.45. The summed E-state index contributed by atoms with van der Waals surface area (Å²) in [7, 11) is 0. The van der Waals surface area contributed by atoms with Crippen molar-refractivity contribution in [1.29, 1.82) is 0 Å². The summed E-state index contributed by atoms with van der Waals surface area (Å²) in [5.74, 6) is 0. The zero-order chi connectivity index (χ0) is 10.9. The van der Waals surface area contributed by atoms with Crippen molar-refractivity contribution in [1.82, 2.24) is 0 Å². The molecule has 0 heterocycles. The summed E-state index contributed by atoms with van der Waals surface area (Å²) < 4.78 is 0. The van der Waals surface area contributed by atoms with Crippen LogP contribution >= 0.6 is 0 Å². The molecule has 0 aromatic heterocycles. The Morgan fingerprint density at radius 1 is 1.27 bits per heavy atom. The first-order valence-corrected chi connectivity index (χ1v) is 5.92. The van der Waals surface area contributed by atoms with E-state index in [0.717, 1.165) is 13.0 Å². The highest BCUT2D eigenvalue weighted by Crippen LogP contribution is 2.29. The van der Waals surface area contributed by atoms with Crippen molar-refractivity contribution in [3.05, 3.63) is 34.9 Å². The van der Waals surface area contributed by atoms with E-state index in [4.69, 9.17) is 5.73 Å². The molecular weight excluding hydrogens is 182 g/mol. The number of hydrogen-bond donors (Lipinski definition) is 1. The van der Waals surface area contributed by atoms with Gasteiger partial charge in [0.15, 0.2) is 0 Å². The predicted octanol–water partition coefficient (Wildman–Crippen LogP) is 2.70. The van der Waals surface area contributed by atoms with E-state index < -0.39 is 0 Å². The van der Waals surface area contributed by atoms with Crippen LogP contribution in [0.4, 0.5) is 0 Å². The van der Waals surface area contributed by atoms with Crippen molar-refractivity contribution < 1.29 is 0 Å². The highest BCUT2D eigenvalue weighted by Gasteiger charge is 2.20. The summed E-state index contributed by atoms with van der Waals surface area (Å²) >= 11 is 0. The molecular formula is C14H21N. The molecule has 0 radical (unpaired) electrons. The molecule has 1 nitrogen and oxygen atoms in total. The van der Waals surface area contributed by atoms with Gasteiger partial charge >= 0.3 is 0 Å². The molecule has 1 heteroatoms. The average molecular weight is 203 g/mol. The fourth-order valence-electron chi connectivity index (χ4n) is 2.45. The summed E-state index contributed by atoms with van der Waals surface area (Å²) in [5, 5.41) is 0. The van der Waals surface area contributed by atoms with Gasteiger partial charge in [0.25, 0.3) is 0 Å². The lowest BCUT2D eigenvalue weighted by Gasteiger charge is -2.23. The van der Waals surface area contributed by atoms with Crippen LogP contribution in [0.2, 0.25) is 0 Å². The van der Waals surface area contributed by atoms with Crippen LogP contribution in [-0.4, -0.2) is 6.54 Å². The largest absolute Gasteiger partial charge is 0.330 e. The van der Waals surface area contributed by atoms with Crippen LogP contribution in [0.15, 0.2) is 18.2 Å². The van der Waals surface area contributed by atoms with Crippen LogP contribution in [0.3, 0.4) is 0 Å². The molecule has 0 saturated heterocycles. The number of fused-ring (bicyclic) bond motifs is 1. The normalized spacial score (nSPS) is 15.4. The van der Waals surface area contributed by atoms with Crippen molar-refractivity contribution in [2.75, 3.05) is 6.54 Å². The van der Waals surface area contributed by atoms with Gasteiger partial charge in [-0.2, -0.15) is 0 Å². The van der Waals surface area contributed by atoms with Gasteiger partial charge in [0, 0.05) is 0 Å². The molecule has 1 aromatic carbocycles. The lowest BCUT2D eigenvalue weighted by Crippen LogP contribution is -2.26. The molecule has 0 saturated carbocycles. The molecule has 1 aliphatic rings. The average Bonchev–Trinajstić information content (AvgIpc) is 2.66. The van der Waals surface area contributed by atoms with Crippen molar-refractivity contribution in [3.63, 3.8) is 0 Å². The van der Waals surface area contributed by atoms with E-state index in [2.05, 4.69) is 32.0 Å². The number of hydrogen-bond acceptors (Lipinski definition) is 1. The van der Waals surface area contributed by atoms with Crippen LogP contribution in [-0.2, 0) is 19.3 Å². The molecule has 0 bridgehead atoms. The smallest absolute Gasteiger partial charge is 0.00226 e. The zero-order valence-electron chi connectivity index (χ0n) is 9.84. The standard InChI is InChI=1S/C14H21N/c1-14(2,10-15)9-12-7-3-5-11-6-4-8-13(11)12/h3,5,7H,4,6,8-10,15H2,1-2H3. The lowest BCUT2D eigenvalue weighted by atomic mass is 9.84. The molecule has 15 heavy (non-hydrogen) atoms. The highest BCUT2D eigenvalue weighted by atomic mass is 14.6. The van der Waals surface area contributed by atoms with Crippen LogP contribution in [0.5, 0.6) is 0 Å². The monoisotopic (exact) mass is 203 g/mol. The SMILES string of the molecule is CC(C)(CN)Cc1cccc2c1CCC2. The minimum Gasteiger partial charge on any atom is -0.330 e. The summed E-state index contributed by atoms with van der Waals surface area (Å²) in [6, 6.07) is 6.76. The summed E-state index contributed by atoms with van der Waals surface area (Å²) in [4.78, 5) is 0. The third-order valence-corrected chi connectivity index (χ3v) is 3.46. The van der Waals surface area contributed by atoms with Gasteiger partial charge in [0.05, 0.1) is 0 Å². The first-order chi connectivity index (χ1) is 7.12. The highest BCUT2D eigenvalue weighted by molar-refractivity contribution is 5.39. The van der Waals surface area contributed by atoms with Gasteiger partial charge in [-0.3, -0.25) is 0 Å². The van der Waals surface area contributed by atoms with Crippen LogP contribution in [0, 0.1) is 5.41 Å². The van der Waals surface area contributed by atoms with Gasteiger partial charge in [-0.25, -0.2) is 0 Å². The Kier molecular flexibility index (Phi) is 2.83. The Hall–Kier alpha value is -0.820.